The van der Waals surface area contributed by atoms with Crippen molar-refractivity contribution < 1.29 is 9.21 Å². The molecule has 0 fully saturated rings. The average molecular weight is 411 g/mol. The van der Waals surface area contributed by atoms with Gasteiger partial charge in [0.15, 0.2) is 0 Å². The minimum absolute atomic E-state index is 0.0524. The van der Waals surface area contributed by atoms with E-state index in [0.29, 0.717) is 17.1 Å². The molecule has 0 bridgehead atoms. The minimum Gasteiger partial charge on any atom is -0.444 e. The Kier molecular flexibility index (Phi) is 5.47. The van der Waals surface area contributed by atoms with E-state index >= 15 is 0 Å². The molecule has 1 aromatic heterocycles. The summed E-state index contributed by atoms with van der Waals surface area (Å²) < 4.78 is 5.70. The van der Waals surface area contributed by atoms with Crippen molar-refractivity contribution in [2.75, 3.05) is 5.32 Å². The fraction of sp³-hybridized carbons (Fsp3) is 0.185. The van der Waals surface area contributed by atoms with Crippen LogP contribution >= 0.6 is 0 Å². The fourth-order valence-corrected chi connectivity index (χ4v) is 3.32. The number of aromatic nitrogens is 1. The zero-order chi connectivity index (χ0) is 22.0. The van der Waals surface area contributed by atoms with Crippen LogP contribution < -0.4 is 5.32 Å². The summed E-state index contributed by atoms with van der Waals surface area (Å²) >= 11 is 0. The van der Waals surface area contributed by atoms with Crippen LogP contribution in [-0.4, -0.2) is 10.9 Å². The smallest absolute Gasteiger partial charge is 0.255 e. The number of hydrogen-bond donors (Lipinski definition) is 1. The molecule has 4 heteroatoms. The number of benzene rings is 3. The molecule has 4 rings (SSSR count). The number of amides is 1. The third kappa shape index (κ3) is 4.75. The van der Waals surface area contributed by atoms with E-state index in [-0.39, 0.29) is 11.3 Å². The molecule has 0 saturated heterocycles. The van der Waals surface area contributed by atoms with E-state index < -0.39 is 0 Å². The van der Waals surface area contributed by atoms with Gasteiger partial charge >= 0.3 is 0 Å². The standard InChI is InChI=1S/C27H26N2O2/c1-18-8-10-19(11-9-18)24-17-31-26(29-24)21-6-5-7-23(16-21)28-25(30)20-12-14-22(15-13-20)27(2,3)4/h5-17H,1-4H3,(H,28,30). The summed E-state index contributed by atoms with van der Waals surface area (Å²) in [5, 5.41) is 2.96. The van der Waals surface area contributed by atoms with Gasteiger partial charge in [0.25, 0.3) is 5.91 Å². The van der Waals surface area contributed by atoms with Crippen molar-refractivity contribution in [1.82, 2.24) is 4.98 Å². The maximum Gasteiger partial charge on any atom is 0.255 e. The van der Waals surface area contributed by atoms with Crippen LogP contribution in [-0.2, 0) is 5.41 Å². The van der Waals surface area contributed by atoms with Crippen LogP contribution in [0.3, 0.4) is 0 Å². The van der Waals surface area contributed by atoms with Gasteiger partial charge in [-0.15, -0.1) is 0 Å². The van der Waals surface area contributed by atoms with Crippen LogP contribution in [0, 0.1) is 6.92 Å². The Morgan fingerprint density at radius 2 is 1.61 bits per heavy atom. The van der Waals surface area contributed by atoms with Crippen LogP contribution in [0.25, 0.3) is 22.7 Å². The first kappa shape index (κ1) is 20.6. The van der Waals surface area contributed by atoms with Crippen LogP contribution in [0.5, 0.6) is 0 Å². The van der Waals surface area contributed by atoms with Gasteiger partial charge in [-0.2, -0.15) is 0 Å². The third-order valence-electron chi connectivity index (χ3n) is 5.23. The van der Waals surface area contributed by atoms with Gasteiger partial charge in [-0.3, -0.25) is 4.79 Å². The van der Waals surface area contributed by atoms with E-state index in [1.165, 1.54) is 11.1 Å². The molecule has 0 atom stereocenters. The Hall–Kier alpha value is -3.66. The molecule has 31 heavy (non-hydrogen) atoms. The Morgan fingerprint density at radius 3 is 2.29 bits per heavy atom. The lowest BCUT2D eigenvalue weighted by atomic mass is 9.87. The number of carbonyl (C=O) groups excluding carboxylic acids is 1. The highest BCUT2D eigenvalue weighted by Gasteiger charge is 2.15. The normalized spacial score (nSPS) is 11.4. The van der Waals surface area contributed by atoms with Gasteiger partial charge in [0.05, 0.1) is 0 Å². The average Bonchev–Trinajstić information content (AvgIpc) is 3.24. The van der Waals surface area contributed by atoms with E-state index in [1.54, 1.807) is 6.26 Å². The summed E-state index contributed by atoms with van der Waals surface area (Å²) in [4.78, 5) is 17.3. The lowest BCUT2D eigenvalue weighted by molar-refractivity contribution is 0.102. The summed E-state index contributed by atoms with van der Waals surface area (Å²) in [6.07, 6.45) is 1.65. The second kappa shape index (κ2) is 8.23. The van der Waals surface area contributed by atoms with Crippen molar-refractivity contribution in [3.63, 3.8) is 0 Å². The molecule has 1 N–H and O–H groups in total. The van der Waals surface area contributed by atoms with Gasteiger partial charge in [-0.25, -0.2) is 4.98 Å². The molecular formula is C27H26N2O2. The molecule has 1 amide bonds. The molecule has 0 saturated carbocycles. The molecule has 4 nitrogen and oxygen atoms in total. The highest BCUT2D eigenvalue weighted by atomic mass is 16.3. The summed E-state index contributed by atoms with van der Waals surface area (Å²) in [5.41, 5.74) is 6.35. The highest BCUT2D eigenvalue weighted by molar-refractivity contribution is 6.04. The number of oxazole rings is 1. The maximum atomic E-state index is 12.7. The van der Waals surface area contributed by atoms with Crippen molar-refractivity contribution in [3.8, 4) is 22.7 Å². The largest absolute Gasteiger partial charge is 0.444 e. The molecule has 1 heterocycles. The fourth-order valence-electron chi connectivity index (χ4n) is 3.32. The van der Waals surface area contributed by atoms with E-state index in [4.69, 9.17) is 4.42 Å². The Bertz CT molecular complexity index is 1200. The van der Waals surface area contributed by atoms with Crippen LogP contribution in [0.2, 0.25) is 0 Å². The van der Waals surface area contributed by atoms with E-state index in [2.05, 4.69) is 38.0 Å². The molecule has 0 aliphatic carbocycles. The van der Waals surface area contributed by atoms with Crippen LogP contribution in [0.4, 0.5) is 5.69 Å². The van der Waals surface area contributed by atoms with Crippen LogP contribution in [0.15, 0.2) is 83.5 Å². The van der Waals surface area contributed by atoms with Crippen LogP contribution in [0.1, 0.15) is 42.3 Å². The lowest BCUT2D eigenvalue weighted by Crippen LogP contribution is -2.14. The number of nitrogens with zero attached hydrogens (tertiary/aromatic N) is 1. The third-order valence-corrected chi connectivity index (χ3v) is 5.23. The number of anilines is 1. The topological polar surface area (TPSA) is 55.1 Å². The minimum atomic E-state index is -0.148. The molecule has 0 radical (unpaired) electrons. The molecular weight excluding hydrogens is 384 g/mol. The van der Waals surface area contributed by atoms with Gasteiger partial charge in [0.1, 0.15) is 12.0 Å². The first-order chi connectivity index (χ1) is 14.8. The SMILES string of the molecule is Cc1ccc(-c2coc(-c3cccc(NC(=O)c4ccc(C(C)(C)C)cc4)c3)n2)cc1. The Labute approximate surface area is 183 Å². The summed E-state index contributed by atoms with van der Waals surface area (Å²) in [6, 6.07) is 23.4. The molecule has 0 unspecified atom stereocenters. The van der Waals surface area contributed by atoms with Crippen molar-refractivity contribution in [2.45, 2.75) is 33.1 Å². The summed E-state index contributed by atoms with van der Waals surface area (Å²) in [7, 11) is 0. The summed E-state index contributed by atoms with van der Waals surface area (Å²) in [5.74, 6) is 0.367. The first-order valence-electron chi connectivity index (χ1n) is 10.3. The Balaban J connectivity index is 1.51. The molecule has 156 valence electrons. The van der Waals surface area contributed by atoms with E-state index in [9.17, 15) is 4.79 Å². The molecule has 0 aliphatic rings. The van der Waals surface area contributed by atoms with E-state index in [1.807, 2.05) is 72.8 Å². The Morgan fingerprint density at radius 1 is 0.903 bits per heavy atom. The van der Waals surface area contributed by atoms with Gasteiger partial charge in [-0.05, 0) is 48.2 Å². The lowest BCUT2D eigenvalue weighted by Gasteiger charge is -2.19. The molecule has 4 aromatic rings. The van der Waals surface area contributed by atoms with Gasteiger partial charge in [-0.1, -0.05) is 68.8 Å². The number of rotatable bonds is 4. The highest BCUT2D eigenvalue weighted by Crippen LogP contribution is 2.27. The first-order valence-corrected chi connectivity index (χ1v) is 10.3. The number of nitrogens with one attached hydrogen (secondary N) is 1. The zero-order valence-electron chi connectivity index (χ0n) is 18.3. The zero-order valence-corrected chi connectivity index (χ0v) is 18.3. The van der Waals surface area contributed by atoms with Crippen molar-refractivity contribution in [2.24, 2.45) is 0 Å². The molecule has 0 aliphatic heterocycles. The second-order valence-corrected chi connectivity index (χ2v) is 8.77. The number of aryl methyl sites for hydroxylation is 1. The quantitative estimate of drug-likeness (QED) is 0.399. The molecule has 3 aromatic carbocycles. The number of hydrogen-bond acceptors (Lipinski definition) is 3. The summed E-state index contributed by atoms with van der Waals surface area (Å²) in [6.45, 7) is 8.51. The second-order valence-electron chi connectivity index (χ2n) is 8.77. The van der Waals surface area contributed by atoms with Gasteiger partial charge in [0, 0.05) is 22.4 Å². The van der Waals surface area contributed by atoms with Crippen molar-refractivity contribution in [1.29, 1.82) is 0 Å². The van der Waals surface area contributed by atoms with Gasteiger partial charge < -0.3 is 9.73 Å². The number of carbonyl (C=O) groups is 1. The predicted octanol–water partition coefficient (Wildman–Crippen LogP) is 6.87. The maximum absolute atomic E-state index is 12.7. The monoisotopic (exact) mass is 410 g/mol. The van der Waals surface area contributed by atoms with Crippen molar-refractivity contribution >= 4 is 11.6 Å². The van der Waals surface area contributed by atoms with Gasteiger partial charge in [0.2, 0.25) is 5.89 Å². The van der Waals surface area contributed by atoms with E-state index in [0.717, 1.165) is 16.8 Å². The van der Waals surface area contributed by atoms with Crippen molar-refractivity contribution in [3.05, 3.63) is 95.7 Å². The molecule has 0 spiro atoms. The predicted molar refractivity (Wildman–Crippen MR) is 125 cm³/mol.